The van der Waals surface area contributed by atoms with Gasteiger partial charge in [-0.25, -0.2) is 9.78 Å². The Bertz CT molecular complexity index is 511. The van der Waals surface area contributed by atoms with Crippen molar-refractivity contribution in [2.24, 2.45) is 0 Å². The van der Waals surface area contributed by atoms with E-state index in [2.05, 4.69) is 4.98 Å². The van der Waals surface area contributed by atoms with E-state index in [-0.39, 0.29) is 17.2 Å². The van der Waals surface area contributed by atoms with Gasteiger partial charge in [-0.15, -0.1) is 0 Å². The van der Waals surface area contributed by atoms with Crippen molar-refractivity contribution >= 4 is 17.5 Å². The van der Waals surface area contributed by atoms with E-state index in [0.717, 1.165) is 12.1 Å². The third-order valence-electron chi connectivity index (χ3n) is 3.03. The molecule has 2 N–H and O–H groups in total. The van der Waals surface area contributed by atoms with E-state index in [1.54, 1.807) is 4.90 Å². The summed E-state index contributed by atoms with van der Waals surface area (Å²) in [6, 6.07) is 2.26. The number of aliphatic hydroxyl groups excluding tert-OH is 1. The second-order valence-corrected chi connectivity index (χ2v) is 4.32. The molecule has 2 rings (SSSR count). The maximum absolute atomic E-state index is 11.0. The first-order chi connectivity index (χ1) is 8.99. The van der Waals surface area contributed by atoms with Crippen LogP contribution in [0.2, 0.25) is 0 Å². The predicted octanol–water partition coefficient (Wildman–Crippen LogP) is 0.649. The topological polar surface area (TPSA) is 117 Å². The smallest absolute Gasteiger partial charge is 0.354 e. The third kappa shape index (κ3) is 2.79. The van der Waals surface area contributed by atoms with E-state index in [4.69, 9.17) is 5.11 Å². The summed E-state index contributed by atoms with van der Waals surface area (Å²) in [7, 11) is 0. The minimum Gasteiger partial charge on any atom is -0.477 e. The lowest BCUT2D eigenvalue weighted by Gasteiger charge is -2.30. The van der Waals surface area contributed by atoms with Crippen molar-refractivity contribution in [1.82, 2.24) is 4.98 Å². The molecule has 1 aromatic heterocycles. The van der Waals surface area contributed by atoms with Gasteiger partial charge >= 0.3 is 11.7 Å². The maximum atomic E-state index is 11.0. The molecule has 1 aromatic rings. The largest absolute Gasteiger partial charge is 0.477 e. The fourth-order valence-corrected chi connectivity index (χ4v) is 2.01. The molecule has 1 aliphatic heterocycles. The number of hydrogen-bond donors (Lipinski definition) is 2. The molecule has 1 aliphatic rings. The monoisotopic (exact) mass is 267 g/mol. The summed E-state index contributed by atoms with van der Waals surface area (Å²) in [6.45, 7) is 0.830. The molecule has 8 nitrogen and oxygen atoms in total. The highest BCUT2D eigenvalue weighted by atomic mass is 16.6. The highest BCUT2D eigenvalue weighted by molar-refractivity contribution is 5.86. The molecule has 1 saturated heterocycles. The Kier molecular flexibility index (Phi) is 3.61. The highest BCUT2D eigenvalue weighted by Gasteiger charge is 2.26. The molecule has 1 fully saturated rings. The first-order valence-electron chi connectivity index (χ1n) is 5.81. The van der Waals surface area contributed by atoms with Crippen molar-refractivity contribution in [3.8, 4) is 0 Å². The normalized spacial score (nSPS) is 16.4. The number of hydrogen-bond acceptors (Lipinski definition) is 6. The van der Waals surface area contributed by atoms with Crippen molar-refractivity contribution in [2.75, 3.05) is 18.0 Å². The predicted molar refractivity (Wildman–Crippen MR) is 65.3 cm³/mol. The molecule has 0 amide bonds. The first kappa shape index (κ1) is 13.2. The number of pyridine rings is 1. The number of piperidine rings is 1. The lowest BCUT2D eigenvalue weighted by atomic mass is 10.1. The van der Waals surface area contributed by atoms with Gasteiger partial charge in [-0.05, 0) is 18.9 Å². The summed E-state index contributed by atoms with van der Waals surface area (Å²) in [5, 5.41) is 29.3. The second-order valence-electron chi connectivity index (χ2n) is 4.32. The van der Waals surface area contributed by atoms with Crippen molar-refractivity contribution in [2.45, 2.75) is 18.9 Å². The summed E-state index contributed by atoms with van der Waals surface area (Å²) in [5.41, 5.74) is -0.451. The minimum atomic E-state index is -1.23. The number of aromatic nitrogens is 1. The second kappa shape index (κ2) is 5.19. The van der Waals surface area contributed by atoms with Crippen molar-refractivity contribution in [3.63, 3.8) is 0 Å². The summed E-state index contributed by atoms with van der Waals surface area (Å²) in [5.74, 6) is -1.18. The summed E-state index contributed by atoms with van der Waals surface area (Å²) < 4.78 is 0. The van der Waals surface area contributed by atoms with E-state index >= 15 is 0 Å². The molecular weight excluding hydrogens is 254 g/mol. The fraction of sp³-hybridized carbons (Fsp3) is 0.455. The molecule has 19 heavy (non-hydrogen) atoms. The van der Waals surface area contributed by atoms with Crippen molar-refractivity contribution < 1.29 is 19.9 Å². The van der Waals surface area contributed by atoms with E-state index in [1.165, 1.54) is 0 Å². The zero-order valence-electron chi connectivity index (χ0n) is 10.0. The van der Waals surface area contributed by atoms with Gasteiger partial charge in [0.2, 0.25) is 5.82 Å². The van der Waals surface area contributed by atoms with Crippen LogP contribution in [0.25, 0.3) is 0 Å². The zero-order valence-corrected chi connectivity index (χ0v) is 10.0. The van der Waals surface area contributed by atoms with Crippen molar-refractivity contribution in [3.05, 3.63) is 27.9 Å². The molecule has 2 heterocycles. The fourth-order valence-electron chi connectivity index (χ4n) is 2.01. The van der Waals surface area contributed by atoms with Gasteiger partial charge in [0.05, 0.1) is 11.0 Å². The van der Waals surface area contributed by atoms with Crippen LogP contribution in [0.4, 0.5) is 11.5 Å². The maximum Gasteiger partial charge on any atom is 0.354 e. The van der Waals surface area contributed by atoms with Crippen molar-refractivity contribution in [1.29, 1.82) is 0 Å². The molecule has 102 valence electrons. The van der Waals surface area contributed by atoms with Gasteiger partial charge in [0, 0.05) is 19.2 Å². The Morgan fingerprint density at radius 2 is 2.05 bits per heavy atom. The SMILES string of the molecule is O=C(O)c1ccc([N+](=O)[O-])c(N2CCC(O)CC2)n1. The Hall–Kier alpha value is -2.22. The van der Waals surface area contributed by atoms with Gasteiger partial charge in [0.1, 0.15) is 0 Å². The molecule has 0 aromatic carbocycles. The number of carboxylic acid groups (broad SMARTS) is 1. The molecule has 0 bridgehead atoms. The van der Waals surface area contributed by atoms with Crippen LogP contribution in [-0.2, 0) is 0 Å². The summed E-state index contributed by atoms with van der Waals surface area (Å²) in [4.78, 5) is 26.7. The van der Waals surface area contributed by atoms with Gasteiger partial charge in [-0.3, -0.25) is 10.1 Å². The molecule has 0 radical (unpaired) electrons. The number of aromatic carboxylic acids is 1. The molecule has 0 spiro atoms. The number of carbonyl (C=O) groups is 1. The van der Waals surface area contributed by atoms with Crippen LogP contribution in [-0.4, -0.2) is 45.3 Å². The van der Waals surface area contributed by atoms with E-state index in [9.17, 15) is 20.0 Å². The van der Waals surface area contributed by atoms with Crippen LogP contribution in [0.15, 0.2) is 12.1 Å². The number of aliphatic hydroxyl groups is 1. The number of nitro groups is 1. The minimum absolute atomic E-state index is 0.0526. The number of carboxylic acids is 1. The van der Waals surface area contributed by atoms with E-state index < -0.39 is 17.0 Å². The average molecular weight is 267 g/mol. The Labute approximate surface area is 108 Å². The molecule has 0 atom stereocenters. The number of nitrogens with zero attached hydrogens (tertiary/aromatic N) is 3. The van der Waals surface area contributed by atoms with Gasteiger partial charge in [-0.1, -0.05) is 0 Å². The van der Waals surface area contributed by atoms with Gasteiger partial charge in [0.25, 0.3) is 0 Å². The van der Waals surface area contributed by atoms with Crippen LogP contribution >= 0.6 is 0 Å². The van der Waals surface area contributed by atoms with Gasteiger partial charge < -0.3 is 15.1 Å². The van der Waals surface area contributed by atoms with Crippen LogP contribution in [0.5, 0.6) is 0 Å². The van der Waals surface area contributed by atoms with Crippen LogP contribution in [0, 0.1) is 10.1 Å². The lowest BCUT2D eigenvalue weighted by molar-refractivity contribution is -0.384. The van der Waals surface area contributed by atoms with E-state index in [1.807, 2.05) is 0 Å². The number of rotatable bonds is 3. The standard InChI is InChI=1S/C11H13N3O5/c15-7-3-5-13(6-4-7)10-9(14(18)19)2-1-8(12-10)11(16)17/h1-2,7,15H,3-6H2,(H,16,17). The molecule has 0 aliphatic carbocycles. The quantitative estimate of drug-likeness (QED) is 0.609. The zero-order chi connectivity index (χ0) is 14.0. The van der Waals surface area contributed by atoms with Gasteiger partial charge in [-0.2, -0.15) is 0 Å². The Balaban J connectivity index is 2.37. The van der Waals surface area contributed by atoms with Crippen LogP contribution in [0.1, 0.15) is 23.3 Å². The highest BCUT2D eigenvalue weighted by Crippen LogP contribution is 2.28. The average Bonchev–Trinajstić information content (AvgIpc) is 2.38. The Morgan fingerprint density at radius 3 is 2.58 bits per heavy atom. The Morgan fingerprint density at radius 1 is 1.42 bits per heavy atom. The van der Waals surface area contributed by atoms with Gasteiger partial charge in [0.15, 0.2) is 5.69 Å². The third-order valence-corrected chi connectivity index (χ3v) is 3.03. The van der Waals surface area contributed by atoms with E-state index in [0.29, 0.717) is 25.9 Å². The van der Waals surface area contributed by atoms with Crippen LogP contribution < -0.4 is 4.90 Å². The molecule has 8 heteroatoms. The first-order valence-corrected chi connectivity index (χ1v) is 5.81. The van der Waals surface area contributed by atoms with Crippen LogP contribution in [0.3, 0.4) is 0 Å². The summed E-state index contributed by atoms with van der Waals surface area (Å²) in [6.07, 6.45) is 0.546. The number of anilines is 1. The molecular formula is C11H13N3O5. The summed E-state index contributed by atoms with van der Waals surface area (Å²) >= 11 is 0. The molecule has 0 saturated carbocycles. The molecule has 0 unspecified atom stereocenters. The lowest BCUT2D eigenvalue weighted by Crippen LogP contribution is -2.36.